The summed E-state index contributed by atoms with van der Waals surface area (Å²) in [7, 11) is 0. The zero-order chi connectivity index (χ0) is 13.4. The summed E-state index contributed by atoms with van der Waals surface area (Å²) in [5, 5.41) is 14.0. The molecule has 8 nitrogen and oxygen atoms in total. The van der Waals surface area contributed by atoms with E-state index in [1.54, 1.807) is 13.8 Å². The van der Waals surface area contributed by atoms with Crippen molar-refractivity contribution in [3.63, 3.8) is 0 Å². The van der Waals surface area contributed by atoms with Gasteiger partial charge in [-0.2, -0.15) is 5.10 Å². The molecule has 0 aliphatic heterocycles. The molecule has 0 heterocycles. The molecule has 0 saturated heterocycles. The normalized spacial score (nSPS) is 14.1. The number of esters is 1. The average molecular weight is 244 g/mol. The first-order chi connectivity index (χ1) is 7.88. The summed E-state index contributed by atoms with van der Waals surface area (Å²) in [5.74, 6) is -0.694. The van der Waals surface area contributed by atoms with E-state index in [4.69, 9.17) is 5.73 Å². The molecule has 0 aromatic heterocycles. The fourth-order valence-electron chi connectivity index (χ4n) is 0.747. The zero-order valence-electron chi connectivity index (χ0n) is 9.97. The number of nitrogens with one attached hydrogen (secondary N) is 1. The number of nitro groups is 1. The molecular weight excluding hydrogens is 228 g/mol. The molecule has 0 amide bonds. The molecule has 17 heavy (non-hydrogen) atoms. The highest BCUT2D eigenvalue weighted by molar-refractivity contribution is 5.84. The summed E-state index contributed by atoms with van der Waals surface area (Å²) >= 11 is 0. The second kappa shape index (κ2) is 7.20. The Labute approximate surface area is 98.7 Å². The molecule has 8 heteroatoms. The minimum absolute atomic E-state index is 0.174. The van der Waals surface area contributed by atoms with Gasteiger partial charge in [0.1, 0.15) is 0 Å². The SMILES string of the molecule is CCOC(=O)/C=C(/C)N/N=C(/N)C(C)[N+](=O)[O-]. The number of allylic oxidation sites excluding steroid dienone is 1. The predicted molar refractivity (Wildman–Crippen MR) is 61.6 cm³/mol. The molecule has 1 unspecified atom stereocenters. The number of nitrogens with two attached hydrogens (primary N) is 1. The minimum atomic E-state index is -1.09. The Hall–Kier alpha value is -2.12. The van der Waals surface area contributed by atoms with Crippen LogP contribution in [0.25, 0.3) is 0 Å². The lowest BCUT2D eigenvalue weighted by Crippen LogP contribution is -2.34. The Bertz CT molecular complexity index is 351. The van der Waals surface area contributed by atoms with Crippen LogP contribution in [-0.2, 0) is 9.53 Å². The topological polar surface area (TPSA) is 120 Å². The number of nitrogens with zero attached hydrogens (tertiary/aromatic N) is 2. The van der Waals surface area contributed by atoms with E-state index in [9.17, 15) is 14.9 Å². The molecule has 0 radical (unpaired) electrons. The van der Waals surface area contributed by atoms with Crippen LogP contribution < -0.4 is 11.2 Å². The maximum atomic E-state index is 11.0. The summed E-state index contributed by atoms with van der Waals surface area (Å²) in [6.45, 7) is 4.82. The number of hydrogen-bond acceptors (Lipinski definition) is 6. The lowest BCUT2D eigenvalue weighted by Gasteiger charge is -2.04. The van der Waals surface area contributed by atoms with Crippen LogP contribution >= 0.6 is 0 Å². The van der Waals surface area contributed by atoms with Crippen LogP contribution in [-0.4, -0.2) is 29.4 Å². The Morgan fingerprint density at radius 3 is 2.76 bits per heavy atom. The van der Waals surface area contributed by atoms with Crippen molar-refractivity contribution < 1.29 is 14.5 Å². The maximum absolute atomic E-state index is 11.0. The number of rotatable bonds is 6. The van der Waals surface area contributed by atoms with Gasteiger partial charge in [-0.1, -0.05) is 0 Å². The molecule has 0 aromatic carbocycles. The molecule has 0 fully saturated rings. The standard InChI is InChI=1S/C9H16N4O4/c1-4-17-8(14)5-6(2)11-12-9(10)7(3)13(15)16/h5,7,11H,4H2,1-3H3,(H2,10,12)/b6-5-. The summed E-state index contributed by atoms with van der Waals surface area (Å²) in [6, 6.07) is -1.09. The first kappa shape index (κ1) is 14.9. The molecule has 0 aliphatic rings. The highest BCUT2D eigenvalue weighted by Crippen LogP contribution is 1.92. The largest absolute Gasteiger partial charge is 0.463 e. The number of hydrazone groups is 1. The van der Waals surface area contributed by atoms with E-state index in [1.807, 2.05) is 0 Å². The van der Waals surface area contributed by atoms with Crippen molar-refractivity contribution in [1.82, 2.24) is 5.43 Å². The van der Waals surface area contributed by atoms with Crippen LogP contribution in [0.1, 0.15) is 20.8 Å². The number of hydrogen-bond donors (Lipinski definition) is 2. The number of ether oxygens (including phenoxy) is 1. The van der Waals surface area contributed by atoms with Crippen LogP contribution in [0.2, 0.25) is 0 Å². The van der Waals surface area contributed by atoms with Crippen molar-refractivity contribution in [2.45, 2.75) is 26.8 Å². The molecule has 0 aromatic rings. The van der Waals surface area contributed by atoms with Gasteiger partial charge in [-0.15, -0.1) is 0 Å². The van der Waals surface area contributed by atoms with E-state index in [0.29, 0.717) is 5.70 Å². The van der Waals surface area contributed by atoms with E-state index in [1.165, 1.54) is 13.0 Å². The highest BCUT2D eigenvalue weighted by Gasteiger charge is 2.17. The summed E-state index contributed by atoms with van der Waals surface area (Å²) in [6.07, 6.45) is 1.18. The number of carbonyl (C=O) groups excluding carboxylic acids is 1. The third kappa shape index (κ3) is 6.13. The number of amidine groups is 1. The van der Waals surface area contributed by atoms with E-state index in [0.717, 1.165) is 0 Å². The molecule has 1 atom stereocenters. The van der Waals surface area contributed by atoms with Gasteiger partial charge in [0, 0.05) is 23.6 Å². The van der Waals surface area contributed by atoms with Gasteiger partial charge < -0.3 is 10.5 Å². The zero-order valence-corrected chi connectivity index (χ0v) is 9.97. The first-order valence-electron chi connectivity index (χ1n) is 4.96. The van der Waals surface area contributed by atoms with Crippen molar-refractivity contribution in [2.24, 2.45) is 10.8 Å². The van der Waals surface area contributed by atoms with Crippen LogP contribution in [0, 0.1) is 10.1 Å². The summed E-state index contributed by atoms with van der Waals surface area (Å²) in [5.41, 5.74) is 8.16. The van der Waals surface area contributed by atoms with Gasteiger partial charge in [0.25, 0.3) is 6.04 Å². The van der Waals surface area contributed by atoms with Crippen LogP contribution in [0.4, 0.5) is 0 Å². The Morgan fingerprint density at radius 1 is 1.71 bits per heavy atom. The van der Waals surface area contributed by atoms with Crippen molar-refractivity contribution >= 4 is 11.8 Å². The van der Waals surface area contributed by atoms with Crippen molar-refractivity contribution in [3.05, 3.63) is 21.9 Å². The van der Waals surface area contributed by atoms with Crippen LogP contribution in [0.3, 0.4) is 0 Å². The second-order valence-electron chi connectivity index (χ2n) is 3.19. The van der Waals surface area contributed by atoms with Crippen LogP contribution in [0.15, 0.2) is 16.9 Å². The van der Waals surface area contributed by atoms with Gasteiger partial charge in [-0.05, 0) is 13.8 Å². The molecular formula is C9H16N4O4. The van der Waals surface area contributed by atoms with Gasteiger partial charge in [0.05, 0.1) is 6.61 Å². The smallest absolute Gasteiger partial charge is 0.332 e. The molecule has 0 aliphatic carbocycles. The molecule has 0 saturated carbocycles. The van der Waals surface area contributed by atoms with Crippen molar-refractivity contribution in [1.29, 1.82) is 0 Å². The van der Waals surface area contributed by atoms with Gasteiger partial charge in [-0.3, -0.25) is 15.5 Å². The third-order valence-electron chi connectivity index (χ3n) is 1.73. The first-order valence-corrected chi connectivity index (χ1v) is 4.96. The fourth-order valence-corrected chi connectivity index (χ4v) is 0.747. The molecule has 0 bridgehead atoms. The van der Waals surface area contributed by atoms with Gasteiger partial charge >= 0.3 is 5.97 Å². The molecule has 0 spiro atoms. The van der Waals surface area contributed by atoms with Crippen molar-refractivity contribution in [3.8, 4) is 0 Å². The Balaban J connectivity index is 4.40. The lowest BCUT2D eigenvalue weighted by molar-refractivity contribution is -0.498. The van der Waals surface area contributed by atoms with E-state index < -0.39 is 16.9 Å². The highest BCUT2D eigenvalue weighted by atomic mass is 16.6. The van der Waals surface area contributed by atoms with Gasteiger partial charge in [0.15, 0.2) is 5.84 Å². The minimum Gasteiger partial charge on any atom is -0.463 e. The predicted octanol–water partition coefficient (Wildman–Crippen LogP) is -0.0197. The molecule has 0 rings (SSSR count). The fraction of sp³-hybridized carbons (Fsp3) is 0.556. The molecule has 3 N–H and O–H groups in total. The monoisotopic (exact) mass is 244 g/mol. The van der Waals surface area contributed by atoms with E-state index in [-0.39, 0.29) is 12.4 Å². The average Bonchev–Trinajstić information content (AvgIpc) is 2.24. The lowest BCUT2D eigenvalue weighted by atomic mass is 10.3. The summed E-state index contributed by atoms with van der Waals surface area (Å²) < 4.78 is 4.66. The van der Waals surface area contributed by atoms with Crippen molar-refractivity contribution in [2.75, 3.05) is 6.61 Å². The Kier molecular flexibility index (Phi) is 6.30. The Morgan fingerprint density at radius 2 is 2.29 bits per heavy atom. The quantitative estimate of drug-likeness (QED) is 0.169. The van der Waals surface area contributed by atoms with Gasteiger partial charge in [-0.25, -0.2) is 4.79 Å². The van der Waals surface area contributed by atoms with Gasteiger partial charge in [0.2, 0.25) is 0 Å². The van der Waals surface area contributed by atoms with E-state index >= 15 is 0 Å². The second-order valence-corrected chi connectivity index (χ2v) is 3.19. The summed E-state index contributed by atoms with van der Waals surface area (Å²) in [4.78, 5) is 20.8. The maximum Gasteiger partial charge on any atom is 0.332 e. The third-order valence-corrected chi connectivity index (χ3v) is 1.73. The van der Waals surface area contributed by atoms with Crippen LogP contribution in [0.5, 0.6) is 0 Å². The van der Waals surface area contributed by atoms with E-state index in [2.05, 4.69) is 15.3 Å². The molecule has 96 valence electrons. The number of carbonyl (C=O) groups is 1.